The number of rotatable bonds is 4. The van der Waals surface area contributed by atoms with Gasteiger partial charge in [-0.15, -0.1) is 0 Å². The highest BCUT2D eigenvalue weighted by molar-refractivity contribution is 5.76. The summed E-state index contributed by atoms with van der Waals surface area (Å²) in [7, 11) is 0. The van der Waals surface area contributed by atoms with Gasteiger partial charge in [-0.3, -0.25) is 19.6 Å². The number of aromatic nitrogens is 2. The number of aliphatic hydroxyl groups excluding tert-OH is 1. The molecule has 8 nitrogen and oxygen atoms in total. The molecule has 116 valence electrons. The lowest BCUT2D eigenvalue weighted by Gasteiger charge is -2.49. The van der Waals surface area contributed by atoms with Crippen LogP contribution in [-0.2, 0) is 11.3 Å². The van der Waals surface area contributed by atoms with Crippen LogP contribution in [0.2, 0.25) is 0 Å². The fourth-order valence-electron chi connectivity index (χ4n) is 2.63. The molecule has 0 aromatic carbocycles. The maximum absolute atomic E-state index is 12.0. The van der Waals surface area contributed by atoms with Crippen LogP contribution in [-0.4, -0.2) is 37.9 Å². The second-order valence-electron chi connectivity index (χ2n) is 6.13. The zero-order valence-electron chi connectivity index (χ0n) is 12.6. The molecule has 2 N–H and O–H groups in total. The SMILES string of the molecule is Cc1nn(CC(=O)NC2CC(O)C2(C)C)c(C)c1[N+](=O)[O-]. The van der Waals surface area contributed by atoms with Crippen LogP contribution in [0.15, 0.2) is 0 Å². The van der Waals surface area contributed by atoms with Gasteiger partial charge in [0.1, 0.15) is 17.9 Å². The molecule has 0 radical (unpaired) electrons. The predicted molar refractivity (Wildman–Crippen MR) is 74.7 cm³/mol. The van der Waals surface area contributed by atoms with Gasteiger partial charge in [0, 0.05) is 11.5 Å². The Kier molecular flexibility index (Phi) is 3.75. The van der Waals surface area contributed by atoms with E-state index in [9.17, 15) is 20.0 Å². The molecule has 21 heavy (non-hydrogen) atoms. The van der Waals surface area contributed by atoms with E-state index in [1.807, 2.05) is 13.8 Å². The summed E-state index contributed by atoms with van der Waals surface area (Å²) in [4.78, 5) is 22.5. The van der Waals surface area contributed by atoms with Crippen LogP contribution in [0.25, 0.3) is 0 Å². The van der Waals surface area contributed by atoms with Crippen molar-refractivity contribution in [3.63, 3.8) is 0 Å². The van der Waals surface area contributed by atoms with Gasteiger partial charge in [0.05, 0.1) is 11.0 Å². The minimum Gasteiger partial charge on any atom is -0.392 e. The number of amides is 1. The second-order valence-corrected chi connectivity index (χ2v) is 6.13. The van der Waals surface area contributed by atoms with Crippen molar-refractivity contribution < 1.29 is 14.8 Å². The summed E-state index contributed by atoms with van der Waals surface area (Å²) in [5, 5.41) is 27.4. The first-order valence-electron chi connectivity index (χ1n) is 6.80. The zero-order valence-corrected chi connectivity index (χ0v) is 12.6. The normalized spacial score (nSPS) is 23.5. The molecule has 0 bridgehead atoms. The molecule has 2 unspecified atom stereocenters. The van der Waals surface area contributed by atoms with Gasteiger partial charge in [0.25, 0.3) is 0 Å². The van der Waals surface area contributed by atoms with Gasteiger partial charge < -0.3 is 10.4 Å². The summed E-state index contributed by atoms with van der Waals surface area (Å²) >= 11 is 0. The van der Waals surface area contributed by atoms with Crippen molar-refractivity contribution in [2.45, 2.75) is 52.8 Å². The van der Waals surface area contributed by atoms with Gasteiger partial charge in [-0.05, 0) is 20.3 Å². The van der Waals surface area contributed by atoms with E-state index in [2.05, 4.69) is 10.4 Å². The summed E-state index contributed by atoms with van der Waals surface area (Å²) in [5.74, 6) is -0.263. The van der Waals surface area contributed by atoms with E-state index in [1.54, 1.807) is 13.8 Å². The quantitative estimate of drug-likeness (QED) is 0.627. The number of aryl methyl sites for hydroxylation is 1. The molecule has 1 aromatic heterocycles. The fraction of sp³-hybridized carbons (Fsp3) is 0.692. The Hall–Kier alpha value is -1.96. The average Bonchev–Trinajstić information content (AvgIpc) is 2.63. The first kappa shape index (κ1) is 15.4. The molecule has 8 heteroatoms. The molecule has 0 saturated heterocycles. The minimum atomic E-state index is -0.489. The summed E-state index contributed by atoms with van der Waals surface area (Å²) in [6.45, 7) is 6.83. The lowest BCUT2D eigenvalue weighted by molar-refractivity contribution is -0.386. The molecular formula is C13H20N4O4. The second kappa shape index (κ2) is 5.10. The zero-order chi connectivity index (χ0) is 15.9. The van der Waals surface area contributed by atoms with Gasteiger partial charge in [-0.2, -0.15) is 5.10 Å². The standard InChI is InChI=1S/C13H20N4O4/c1-7-12(17(20)21)8(2)16(15-7)6-11(19)14-9-5-10(18)13(9,3)4/h9-10,18H,5-6H2,1-4H3,(H,14,19). The van der Waals surface area contributed by atoms with E-state index in [1.165, 1.54) is 4.68 Å². The van der Waals surface area contributed by atoms with E-state index in [0.29, 0.717) is 17.8 Å². The fourth-order valence-corrected chi connectivity index (χ4v) is 2.63. The Bertz CT molecular complexity index is 593. The maximum atomic E-state index is 12.0. The molecule has 1 heterocycles. The topological polar surface area (TPSA) is 110 Å². The average molecular weight is 296 g/mol. The Morgan fingerprint density at radius 2 is 2.19 bits per heavy atom. The molecule has 1 aliphatic rings. The number of nitro groups is 1. The lowest BCUT2D eigenvalue weighted by Crippen LogP contribution is -2.61. The van der Waals surface area contributed by atoms with E-state index in [4.69, 9.17) is 0 Å². The van der Waals surface area contributed by atoms with Crippen molar-refractivity contribution in [1.29, 1.82) is 0 Å². The third-order valence-electron chi connectivity index (χ3n) is 4.37. The van der Waals surface area contributed by atoms with Crippen LogP contribution >= 0.6 is 0 Å². The largest absolute Gasteiger partial charge is 0.392 e. The Morgan fingerprint density at radius 3 is 2.62 bits per heavy atom. The van der Waals surface area contributed by atoms with Crippen LogP contribution < -0.4 is 5.32 Å². The molecule has 0 aliphatic heterocycles. The van der Waals surface area contributed by atoms with Crippen molar-refractivity contribution in [3.05, 3.63) is 21.5 Å². The van der Waals surface area contributed by atoms with Crippen LogP contribution in [0, 0.1) is 29.4 Å². The van der Waals surface area contributed by atoms with Gasteiger partial charge in [0.2, 0.25) is 5.91 Å². The third kappa shape index (κ3) is 2.63. The van der Waals surface area contributed by atoms with Crippen molar-refractivity contribution >= 4 is 11.6 Å². The number of hydrogen-bond donors (Lipinski definition) is 2. The minimum absolute atomic E-state index is 0.0535. The first-order valence-corrected chi connectivity index (χ1v) is 6.80. The van der Waals surface area contributed by atoms with E-state index < -0.39 is 11.0 Å². The van der Waals surface area contributed by atoms with Gasteiger partial charge in [-0.1, -0.05) is 13.8 Å². The number of aliphatic hydroxyl groups is 1. The van der Waals surface area contributed by atoms with Gasteiger partial charge >= 0.3 is 5.69 Å². The van der Waals surface area contributed by atoms with Gasteiger partial charge in [0.15, 0.2) is 0 Å². The molecule has 2 rings (SSSR count). The molecule has 1 aliphatic carbocycles. The van der Waals surface area contributed by atoms with E-state index in [0.717, 1.165) is 0 Å². The number of carbonyl (C=O) groups is 1. The highest BCUT2D eigenvalue weighted by atomic mass is 16.6. The Morgan fingerprint density at radius 1 is 1.57 bits per heavy atom. The van der Waals surface area contributed by atoms with Crippen LogP contribution in [0.4, 0.5) is 5.69 Å². The molecular weight excluding hydrogens is 276 g/mol. The highest BCUT2D eigenvalue weighted by Gasteiger charge is 2.47. The monoisotopic (exact) mass is 296 g/mol. The smallest absolute Gasteiger partial charge is 0.312 e. The van der Waals surface area contributed by atoms with Crippen molar-refractivity contribution in [2.24, 2.45) is 5.41 Å². The first-order chi connectivity index (χ1) is 9.64. The van der Waals surface area contributed by atoms with E-state index in [-0.39, 0.29) is 29.6 Å². The molecule has 1 saturated carbocycles. The molecule has 1 amide bonds. The molecule has 0 spiro atoms. The number of nitrogens with zero attached hydrogens (tertiary/aromatic N) is 3. The van der Waals surface area contributed by atoms with Gasteiger partial charge in [-0.25, -0.2) is 0 Å². The molecule has 1 fully saturated rings. The number of carbonyl (C=O) groups excluding carboxylic acids is 1. The third-order valence-corrected chi connectivity index (χ3v) is 4.37. The summed E-state index contributed by atoms with van der Waals surface area (Å²) in [6, 6.07) is -0.0908. The van der Waals surface area contributed by atoms with Crippen LogP contribution in [0.1, 0.15) is 31.7 Å². The highest BCUT2D eigenvalue weighted by Crippen LogP contribution is 2.40. The maximum Gasteiger partial charge on any atom is 0.312 e. The summed E-state index contributed by atoms with van der Waals surface area (Å²) in [5.41, 5.74) is 0.254. The van der Waals surface area contributed by atoms with Crippen molar-refractivity contribution in [2.75, 3.05) is 0 Å². The van der Waals surface area contributed by atoms with Crippen molar-refractivity contribution in [1.82, 2.24) is 15.1 Å². The van der Waals surface area contributed by atoms with Crippen molar-refractivity contribution in [3.8, 4) is 0 Å². The molecule has 2 atom stereocenters. The lowest BCUT2D eigenvalue weighted by atomic mass is 9.64. The predicted octanol–water partition coefficient (Wildman–Crippen LogP) is 0.684. The number of hydrogen-bond acceptors (Lipinski definition) is 5. The van der Waals surface area contributed by atoms with E-state index >= 15 is 0 Å². The Balaban J connectivity index is 2.04. The summed E-state index contributed by atoms with van der Waals surface area (Å²) in [6.07, 6.45) is 0.105. The number of nitrogens with one attached hydrogen (secondary N) is 1. The summed E-state index contributed by atoms with van der Waals surface area (Å²) < 4.78 is 1.34. The molecule has 1 aromatic rings. The Labute approximate surface area is 122 Å². The van der Waals surface area contributed by atoms with Crippen LogP contribution in [0.3, 0.4) is 0 Å². The van der Waals surface area contributed by atoms with Crippen LogP contribution in [0.5, 0.6) is 0 Å².